The van der Waals surface area contributed by atoms with Gasteiger partial charge in [-0.1, -0.05) is 13.8 Å². The lowest BCUT2D eigenvalue weighted by molar-refractivity contribution is 0.581. The molecule has 0 atom stereocenters. The number of rotatable bonds is 6. The second kappa shape index (κ2) is 6.91. The van der Waals surface area contributed by atoms with E-state index in [1.54, 1.807) is 26.0 Å². The Hall–Kier alpha value is -1.90. The van der Waals surface area contributed by atoms with Crippen molar-refractivity contribution in [3.05, 3.63) is 23.3 Å². The van der Waals surface area contributed by atoms with Crippen LogP contribution in [0.4, 0.5) is 0 Å². The highest BCUT2D eigenvalue weighted by Gasteiger charge is 2.27. The Labute approximate surface area is 130 Å². The van der Waals surface area contributed by atoms with Gasteiger partial charge in [0.1, 0.15) is 12.1 Å². The third-order valence-electron chi connectivity index (χ3n) is 2.94. The summed E-state index contributed by atoms with van der Waals surface area (Å²) in [5.41, 5.74) is -0.291. The van der Waals surface area contributed by atoms with Gasteiger partial charge in [-0.05, 0) is 25.0 Å². The van der Waals surface area contributed by atoms with Crippen LogP contribution in [0.2, 0.25) is 0 Å². The first-order valence-corrected chi connectivity index (χ1v) is 9.97. The van der Waals surface area contributed by atoms with Crippen molar-refractivity contribution in [1.82, 2.24) is 0 Å². The van der Waals surface area contributed by atoms with E-state index in [9.17, 15) is 16.8 Å². The molecule has 1 aromatic rings. The molecule has 0 unspecified atom stereocenters. The largest absolute Gasteiger partial charge is 0.224 e. The molecule has 0 aliphatic rings. The quantitative estimate of drug-likeness (QED) is 0.779. The zero-order valence-corrected chi connectivity index (χ0v) is 14.0. The first-order valence-electron chi connectivity index (χ1n) is 6.67. The molecule has 22 heavy (non-hydrogen) atoms. The molecule has 0 aliphatic carbocycles. The fourth-order valence-corrected chi connectivity index (χ4v) is 5.59. The molecule has 118 valence electrons. The van der Waals surface area contributed by atoms with Crippen molar-refractivity contribution in [3.63, 3.8) is 0 Å². The van der Waals surface area contributed by atoms with Gasteiger partial charge in [0.15, 0.2) is 19.7 Å². The van der Waals surface area contributed by atoms with Crippen molar-refractivity contribution in [1.29, 1.82) is 10.5 Å². The summed E-state index contributed by atoms with van der Waals surface area (Å²) in [7, 11) is -7.68. The van der Waals surface area contributed by atoms with Crippen molar-refractivity contribution >= 4 is 19.7 Å². The Bertz CT molecular complexity index is 784. The van der Waals surface area contributed by atoms with E-state index in [1.807, 2.05) is 0 Å². The van der Waals surface area contributed by atoms with E-state index in [-0.39, 0.29) is 22.6 Å². The van der Waals surface area contributed by atoms with E-state index in [4.69, 9.17) is 10.5 Å². The molecule has 8 heteroatoms. The minimum Gasteiger partial charge on any atom is -0.224 e. The highest BCUT2D eigenvalue weighted by atomic mass is 32.2. The Morgan fingerprint density at radius 3 is 1.36 bits per heavy atom. The van der Waals surface area contributed by atoms with Crippen molar-refractivity contribution < 1.29 is 16.8 Å². The molecule has 1 aromatic carbocycles. The van der Waals surface area contributed by atoms with Crippen LogP contribution < -0.4 is 0 Å². The lowest BCUT2D eigenvalue weighted by Gasteiger charge is -2.12. The second-order valence-electron chi connectivity index (χ2n) is 4.71. The van der Waals surface area contributed by atoms with E-state index in [0.717, 1.165) is 12.1 Å². The summed E-state index contributed by atoms with van der Waals surface area (Å²) in [6.07, 6.45) is 0.634. The van der Waals surface area contributed by atoms with Crippen LogP contribution in [0.3, 0.4) is 0 Å². The molecule has 0 N–H and O–H groups in total. The molecule has 1 rings (SSSR count). The maximum Gasteiger partial charge on any atom is 0.179 e. The fraction of sp³-hybridized carbons (Fsp3) is 0.429. The fourth-order valence-electron chi connectivity index (χ4n) is 1.99. The van der Waals surface area contributed by atoms with Crippen LogP contribution in [0.5, 0.6) is 0 Å². The summed E-state index contributed by atoms with van der Waals surface area (Å²) in [6.45, 7) is 3.32. The van der Waals surface area contributed by atoms with Crippen LogP contribution in [-0.4, -0.2) is 28.3 Å². The van der Waals surface area contributed by atoms with Gasteiger partial charge >= 0.3 is 0 Å². The number of nitriles is 2. The zero-order valence-electron chi connectivity index (χ0n) is 12.3. The summed E-state index contributed by atoms with van der Waals surface area (Å²) in [4.78, 5) is -0.781. The molecule has 0 saturated heterocycles. The van der Waals surface area contributed by atoms with Crippen LogP contribution in [-0.2, 0) is 19.7 Å². The number of hydrogen-bond acceptors (Lipinski definition) is 6. The zero-order chi connectivity index (χ0) is 17.0. The van der Waals surface area contributed by atoms with Gasteiger partial charge in [0.2, 0.25) is 0 Å². The Balaban J connectivity index is 3.83. The molecule has 0 fully saturated rings. The third-order valence-corrected chi connectivity index (χ3v) is 6.98. The lowest BCUT2D eigenvalue weighted by atomic mass is 10.1. The van der Waals surface area contributed by atoms with Crippen LogP contribution in [0.25, 0.3) is 0 Å². The Kier molecular flexibility index (Phi) is 5.70. The van der Waals surface area contributed by atoms with Gasteiger partial charge in [0.05, 0.1) is 32.4 Å². The van der Waals surface area contributed by atoms with Crippen LogP contribution in [0.15, 0.2) is 21.9 Å². The topological polar surface area (TPSA) is 116 Å². The van der Waals surface area contributed by atoms with E-state index in [0.29, 0.717) is 12.8 Å². The first kappa shape index (κ1) is 18.1. The molecule has 0 radical (unpaired) electrons. The predicted octanol–water partition coefficient (Wildman–Crippen LogP) is 1.80. The van der Waals surface area contributed by atoms with Crippen LogP contribution >= 0.6 is 0 Å². The molecule has 0 heterocycles. The maximum absolute atomic E-state index is 12.3. The highest BCUT2D eigenvalue weighted by molar-refractivity contribution is 7.94. The number of benzene rings is 1. The summed E-state index contributed by atoms with van der Waals surface area (Å²) in [6, 6.07) is 5.44. The number of hydrogen-bond donors (Lipinski definition) is 0. The molecular weight excluding hydrogens is 324 g/mol. The third kappa shape index (κ3) is 3.65. The second-order valence-corrected chi connectivity index (χ2v) is 8.86. The minimum atomic E-state index is -3.84. The van der Waals surface area contributed by atoms with E-state index in [1.165, 1.54) is 0 Å². The molecule has 0 spiro atoms. The standard InChI is InChI=1S/C14H16N2O4S2/c1-3-5-21(17,18)13-7-11(9-15)12(10-16)8-14(13)22(19,20)6-4-2/h7-8H,3-6H2,1-2H3. The normalized spacial score (nSPS) is 11.6. The molecule has 0 saturated carbocycles. The van der Waals surface area contributed by atoms with Gasteiger partial charge in [-0.25, -0.2) is 16.8 Å². The van der Waals surface area contributed by atoms with Gasteiger partial charge in [-0.3, -0.25) is 0 Å². The minimum absolute atomic E-state index is 0.146. The molecule has 6 nitrogen and oxygen atoms in total. The van der Waals surface area contributed by atoms with E-state index < -0.39 is 29.5 Å². The summed E-state index contributed by atoms with van der Waals surface area (Å²) in [5, 5.41) is 18.0. The molecule has 0 aliphatic heterocycles. The summed E-state index contributed by atoms with van der Waals surface area (Å²) < 4.78 is 49.3. The first-order chi connectivity index (χ1) is 10.2. The lowest BCUT2D eigenvalue weighted by Crippen LogP contribution is -2.15. The number of nitrogens with zero attached hydrogens (tertiary/aromatic N) is 2. The average Bonchev–Trinajstić information content (AvgIpc) is 2.45. The van der Waals surface area contributed by atoms with Crippen LogP contribution in [0, 0.1) is 22.7 Å². The predicted molar refractivity (Wildman–Crippen MR) is 80.6 cm³/mol. The van der Waals surface area contributed by atoms with Crippen molar-refractivity contribution in [2.45, 2.75) is 36.5 Å². The monoisotopic (exact) mass is 340 g/mol. The molecule has 0 amide bonds. The van der Waals surface area contributed by atoms with Gasteiger partial charge in [-0.2, -0.15) is 10.5 Å². The Morgan fingerprint density at radius 1 is 0.818 bits per heavy atom. The van der Waals surface area contributed by atoms with Crippen molar-refractivity contribution in [2.24, 2.45) is 0 Å². The van der Waals surface area contributed by atoms with Crippen molar-refractivity contribution in [3.8, 4) is 12.1 Å². The maximum atomic E-state index is 12.3. The molecule has 0 aromatic heterocycles. The van der Waals surface area contributed by atoms with Gasteiger partial charge < -0.3 is 0 Å². The smallest absolute Gasteiger partial charge is 0.179 e. The Morgan fingerprint density at radius 2 is 1.14 bits per heavy atom. The molecular formula is C14H16N2O4S2. The average molecular weight is 340 g/mol. The van der Waals surface area contributed by atoms with Gasteiger partial charge in [0, 0.05) is 0 Å². The van der Waals surface area contributed by atoms with E-state index >= 15 is 0 Å². The molecule has 0 bridgehead atoms. The number of sulfone groups is 2. The summed E-state index contributed by atoms with van der Waals surface area (Å²) >= 11 is 0. The van der Waals surface area contributed by atoms with Crippen molar-refractivity contribution in [2.75, 3.05) is 11.5 Å². The van der Waals surface area contributed by atoms with Gasteiger partial charge in [-0.15, -0.1) is 0 Å². The highest BCUT2D eigenvalue weighted by Crippen LogP contribution is 2.27. The summed E-state index contributed by atoms with van der Waals surface area (Å²) in [5.74, 6) is -0.448. The van der Waals surface area contributed by atoms with E-state index in [2.05, 4.69) is 0 Å². The SMILES string of the molecule is CCCS(=O)(=O)c1cc(C#N)c(C#N)cc1S(=O)(=O)CCC. The van der Waals surface area contributed by atoms with Gasteiger partial charge in [0.25, 0.3) is 0 Å². The van der Waals surface area contributed by atoms with Crippen LogP contribution in [0.1, 0.15) is 37.8 Å².